The quantitative estimate of drug-likeness (QED) is 0.617. The Morgan fingerprint density at radius 3 is 2.77 bits per heavy atom. The lowest BCUT2D eigenvalue weighted by Crippen LogP contribution is -2.41. The van der Waals surface area contributed by atoms with Crippen molar-refractivity contribution in [3.8, 4) is 17.1 Å². The summed E-state index contributed by atoms with van der Waals surface area (Å²) in [6, 6.07) is 13.1. The van der Waals surface area contributed by atoms with Gasteiger partial charge in [-0.3, -0.25) is 4.79 Å². The monoisotopic (exact) mass is 440 g/mol. The fraction of sp³-hybridized carbons (Fsp3) is 0.261. The maximum atomic E-state index is 13.2. The average molecular weight is 441 g/mol. The first-order valence-corrected chi connectivity index (χ1v) is 10.4. The smallest absolute Gasteiger partial charge is 0.229 e. The summed E-state index contributed by atoms with van der Waals surface area (Å²) in [5, 5.41) is 3.39. The van der Waals surface area contributed by atoms with Gasteiger partial charge in [-0.1, -0.05) is 11.6 Å². The van der Waals surface area contributed by atoms with Crippen molar-refractivity contribution in [1.29, 1.82) is 0 Å². The third-order valence-electron chi connectivity index (χ3n) is 5.28. The number of amides is 1. The largest absolute Gasteiger partial charge is 0.495 e. The minimum Gasteiger partial charge on any atom is -0.495 e. The van der Waals surface area contributed by atoms with Crippen LogP contribution in [0.2, 0.25) is 5.02 Å². The molecule has 2 heterocycles. The Hall–Kier alpha value is -3.19. The number of hydrogen-bond acceptors (Lipinski definition) is 5. The number of anilines is 2. The van der Waals surface area contributed by atoms with Crippen LogP contribution in [0.3, 0.4) is 0 Å². The summed E-state index contributed by atoms with van der Waals surface area (Å²) in [7, 11) is 1.55. The van der Waals surface area contributed by atoms with Crippen LogP contribution in [0.25, 0.3) is 11.4 Å². The van der Waals surface area contributed by atoms with Gasteiger partial charge in [0.05, 0.1) is 18.1 Å². The SMILES string of the molecule is COc1ccc(NC(=O)C2CCCN(c3ccnc(-c4ccc(F)cc4)n3)C2)cc1Cl. The van der Waals surface area contributed by atoms with Gasteiger partial charge in [-0.15, -0.1) is 0 Å². The molecule has 0 radical (unpaired) electrons. The molecule has 6 nitrogen and oxygen atoms in total. The summed E-state index contributed by atoms with van der Waals surface area (Å²) in [5.74, 6) is 1.29. The number of halogens is 2. The van der Waals surface area contributed by atoms with Crippen molar-refractivity contribution in [3.05, 3.63) is 65.6 Å². The van der Waals surface area contributed by atoms with E-state index in [-0.39, 0.29) is 17.6 Å². The Morgan fingerprint density at radius 1 is 1.23 bits per heavy atom. The van der Waals surface area contributed by atoms with Crippen molar-refractivity contribution in [1.82, 2.24) is 9.97 Å². The Labute approximate surface area is 185 Å². The lowest BCUT2D eigenvalue weighted by molar-refractivity contribution is -0.120. The maximum Gasteiger partial charge on any atom is 0.229 e. The van der Waals surface area contributed by atoms with Gasteiger partial charge >= 0.3 is 0 Å². The second-order valence-electron chi connectivity index (χ2n) is 7.37. The van der Waals surface area contributed by atoms with Crippen molar-refractivity contribution in [2.45, 2.75) is 12.8 Å². The summed E-state index contributed by atoms with van der Waals surface area (Å²) in [6.07, 6.45) is 3.35. The molecule has 1 fully saturated rings. The predicted octanol–water partition coefficient (Wildman–Crippen LogP) is 4.80. The molecule has 1 aliphatic heterocycles. The number of benzene rings is 2. The Bertz CT molecular complexity index is 1080. The molecule has 1 aliphatic rings. The van der Waals surface area contributed by atoms with Crippen LogP contribution in [0.4, 0.5) is 15.9 Å². The number of piperidine rings is 1. The number of hydrogen-bond donors (Lipinski definition) is 1. The lowest BCUT2D eigenvalue weighted by Gasteiger charge is -2.33. The topological polar surface area (TPSA) is 67.3 Å². The van der Waals surface area contributed by atoms with Gasteiger partial charge in [0.15, 0.2) is 5.82 Å². The molecular formula is C23H22ClFN4O2. The summed E-state index contributed by atoms with van der Waals surface area (Å²) < 4.78 is 18.4. The van der Waals surface area contributed by atoms with Crippen LogP contribution in [0.1, 0.15) is 12.8 Å². The molecule has 1 saturated heterocycles. The van der Waals surface area contributed by atoms with E-state index in [1.807, 2.05) is 6.07 Å². The molecule has 0 bridgehead atoms. The van der Waals surface area contributed by atoms with E-state index in [0.717, 1.165) is 30.8 Å². The fourth-order valence-corrected chi connectivity index (χ4v) is 3.91. The normalized spacial score (nSPS) is 16.1. The molecule has 0 aliphatic carbocycles. The number of rotatable bonds is 5. The third-order valence-corrected chi connectivity index (χ3v) is 5.57. The Balaban J connectivity index is 1.46. The maximum absolute atomic E-state index is 13.2. The van der Waals surface area contributed by atoms with Crippen molar-refractivity contribution < 1.29 is 13.9 Å². The van der Waals surface area contributed by atoms with E-state index in [1.54, 1.807) is 43.6 Å². The number of nitrogens with one attached hydrogen (secondary N) is 1. The second kappa shape index (κ2) is 9.31. The molecular weight excluding hydrogens is 419 g/mol. The summed E-state index contributed by atoms with van der Waals surface area (Å²) >= 11 is 6.16. The predicted molar refractivity (Wildman–Crippen MR) is 119 cm³/mol. The van der Waals surface area contributed by atoms with E-state index < -0.39 is 0 Å². The minimum atomic E-state index is -0.303. The zero-order valence-corrected chi connectivity index (χ0v) is 17.8. The van der Waals surface area contributed by atoms with E-state index >= 15 is 0 Å². The number of ether oxygens (including phenoxy) is 1. The van der Waals surface area contributed by atoms with Gasteiger partial charge in [0.2, 0.25) is 5.91 Å². The van der Waals surface area contributed by atoms with Crippen LogP contribution >= 0.6 is 11.6 Å². The molecule has 3 aromatic rings. The van der Waals surface area contributed by atoms with E-state index in [0.29, 0.717) is 28.8 Å². The van der Waals surface area contributed by atoms with Gasteiger partial charge in [-0.2, -0.15) is 0 Å². The van der Waals surface area contributed by atoms with Crippen molar-refractivity contribution >= 4 is 29.0 Å². The molecule has 4 rings (SSSR count). The molecule has 8 heteroatoms. The number of carbonyl (C=O) groups excluding carboxylic acids is 1. The van der Waals surface area contributed by atoms with Gasteiger partial charge in [-0.25, -0.2) is 14.4 Å². The van der Waals surface area contributed by atoms with Gasteiger partial charge < -0.3 is 15.0 Å². The molecule has 31 heavy (non-hydrogen) atoms. The molecule has 0 spiro atoms. The second-order valence-corrected chi connectivity index (χ2v) is 7.78. The van der Waals surface area contributed by atoms with Crippen LogP contribution in [0.5, 0.6) is 5.75 Å². The number of carbonyl (C=O) groups is 1. The fourth-order valence-electron chi connectivity index (χ4n) is 3.65. The number of aromatic nitrogens is 2. The zero-order valence-electron chi connectivity index (χ0n) is 17.0. The summed E-state index contributed by atoms with van der Waals surface area (Å²) in [4.78, 5) is 23.9. The van der Waals surface area contributed by atoms with E-state index in [9.17, 15) is 9.18 Å². The van der Waals surface area contributed by atoms with Crippen LogP contribution in [-0.2, 0) is 4.79 Å². The zero-order chi connectivity index (χ0) is 21.8. The minimum absolute atomic E-state index is 0.0567. The third kappa shape index (κ3) is 4.94. The van der Waals surface area contributed by atoms with Crippen molar-refractivity contribution in [2.75, 3.05) is 30.4 Å². The van der Waals surface area contributed by atoms with Gasteiger partial charge in [0.25, 0.3) is 0 Å². The molecule has 1 atom stereocenters. The van der Waals surface area contributed by atoms with E-state index in [1.165, 1.54) is 12.1 Å². The average Bonchev–Trinajstić information content (AvgIpc) is 2.80. The first-order chi connectivity index (χ1) is 15.0. The first-order valence-electron chi connectivity index (χ1n) is 10.0. The van der Waals surface area contributed by atoms with Gasteiger partial charge in [0.1, 0.15) is 17.4 Å². The number of nitrogens with zero attached hydrogens (tertiary/aromatic N) is 3. The molecule has 1 unspecified atom stereocenters. The highest BCUT2D eigenvalue weighted by atomic mass is 35.5. The number of methoxy groups -OCH3 is 1. The highest BCUT2D eigenvalue weighted by Crippen LogP contribution is 2.29. The van der Waals surface area contributed by atoms with Crippen LogP contribution in [-0.4, -0.2) is 36.1 Å². The molecule has 1 N–H and O–H groups in total. The molecule has 0 saturated carbocycles. The van der Waals surface area contributed by atoms with E-state index in [4.69, 9.17) is 16.3 Å². The first kappa shape index (κ1) is 21.1. The molecule has 1 amide bonds. The highest BCUT2D eigenvalue weighted by molar-refractivity contribution is 6.32. The molecule has 2 aromatic carbocycles. The van der Waals surface area contributed by atoms with E-state index in [2.05, 4.69) is 20.2 Å². The van der Waals surface area contributed by atoms with Crippen LogP contribution in [0.15, 0.2) is 54.7 Å². The van der Waals surface area contributed by atoms with Crippen LogP contribution < -0.4 is 15.0 Å². The Kier molecular flexibility index (Phi) is 6.32. The van der Waals surface area contributed by atoms with Crippen molar-refractivity contribution in [2.24, 2.45) is 5.92 Å². The highest BCUT2D eigenvalue weighted by Gasteiger charge is 2.27. The van der Waals surface area contributed by atoms with Gasteiger partial charge in [-0.05, 0) is 61.4 Å². The summed E-state index contributed by atoms with van der Waals surface area (Å²) in [5.41, 5.74) is 1.37. The van der Waals surface area contributed by atoms with Gasteiger partial charge in [0, 0.05) is 30.5 Å². The molecule has 160 valence electrons. The van der Waals surface area contributed by atoms with Crippen LogP contribution in [0, 0.1) is 11.7 Å². The standard InChI is InChI=1S/C23H22ClFN4O2/c1-31-20-9-8-18(13-19(20)24)27-23(30)16-3-2-12-29(14-16)21-10-11-26-22(28-21)15-4-6-17(25)7-5-15/h4-11,13,16H,2-3,12,14H2,1H3,(H,27,30). The Morgan fingerprint density at radius 2 is 2.03 bits per heavy atom. The lowest BCUT2D eigenvalue weighted by atomic mass is 9.97. The summed E-state index contributed by atoms with van der Waals surface area (Å²) in [6.45, 7) is 1.35. The molecule has 1 aromatic heterocycles. The van der Waals surface area contributed by atoms with Crippen molar-refractivity contribution in [3.63, 3.8) is 0 Å².